The van der Waals surface area contributed by atoms with Crippen molar-refractivity contribution < 1.29 is 9.13 Å². The van der Waals surface area contributed by atoms with Crippen molar-refractivity contribution in [3.05, 3.63) is 59.7 Å². The molecule has 0 saturated heterocycles. The van der Waals surface area contributed by atoms with Crippen LogP contribution >= 0.6 is 9.24 Å². The lowest BCUT2D eigenvalue weighted by atomic mass is 10.2. The van der Waals surface area contributed by atoms with E-state index in [0.717, 1.165) is 16.9 Å². The lowest BCUT2D eigenvalue weighted by Crippen LogP contribution is -2.16. The van der Waals surface area contributed by atoms with Gasteiger partial charge in [0.15, 0.2) is 0 Å². The van der Waals surface area contributed by atoms with Crippen molar-refractivity contribution in [2.24, 2.45) is 0 Å². The zero-order valence-electron chi connectivity index (χ0n) is 11.3. The molecule has 1 N–H and O–H groups in total. The first-order valence-electron chi connectivity index (χ1n) is 6.51. The van der Waals surface area contributed by atoms with E-state index in [1.165, 1.54) is 12.3 Å². The number of nitrogens with one attached hydrogen (secondary N) is 1. The number of rotatable bonds is 6. The highest BCUT2D eigenvalue weighted by Gasteiger charge is 2.06. The molecular weight excluding hydrogens is 274 g/mol. The van der Waals surface area contributed by atoms with Gasteiger partial charge in [-0.2, -0.15) is 4.39 Å². The summed E-state index contributed by atoms with van der Waals surface area (Å²) >= 11 is 0. The summed E-state index contributed by atoms with van der Waals surface area (Å²) in [6, 6.07) is 11.0. The molecule has 5 heteroatoms. The largest absolute Gasteiger partial charge is 0.494 e. The molecule has 3 nitrogen and oxygen atoms in total. The minimum absolute atomic E-state index is 0.0267. The van der Waals surface area contributed by atoms with E-state index in [2.05, 4.69) is 19.5 Å². The average Bonchev–Trinajstić information content (AvgIpc) is 2.46. The van der Waals surface area contributed by atoms with Crippen molar-refractivity contribution in [2.75, 3.05) is 6.61 Å². The first-order chi connectivity index (χ1) is 9.69. The molecule has 2 unspecified atom stereocenters. The number of ether oxygens (including phenoxy) is 1. The lowest BCUT2D eigenvalue weighted by molar-refractivity contribution is 0.340. The molecule has 0 amide bonds. The third kappa shape index (κ3) is 4.26. The maximum atomic E-state index is 12.8. The van der Waals surface area contributed by atoms with Crippen molar-refractivity contribution in [1.82, 2.24) is 10.3 Å². The third-order valence-corrected chi connectivity index (χ3v) is 3.47. The van der Waals surface area contributed by atoms with E-state index in [-0.39, 0.29) is 5.78 Å². The fourth-order valence-electron chi connectivity index (χ4n) is 1.83. The number of halogens is 1. The highest BCUT2D eigenvalue weighted by atomic mass is 31.0. The summed E-state index contributed by atoms with van der Waals surface area (Å²) in [4.78, 5) is 3.65. The second-order valence-corrected chi connectivity index (χ2v) is 5.02. The van der Waals surface area contributed by atoms with Crippen molar-refractivity contribution in [2.45, 2.75) is 19.3 Å². The molecule has 106 valence electrons. The number of benzene rings is 1. The third-order valence-electron chi connectivity index (χ3n) is 2.84. The zero-order valence-corrected chi connectivity index (χ0v) is 12.5. The van der Waals surface area contributed by atoms with E-state index in [1.54, 1.807) is 6.07 Å². The molecule has 2 atom stereocenters. The number of nitrogens with zero attached hydrogens (tertiary/aromatic N) is 1. The molecule has 0 radical (unpaired) electrons. The van der Waals surface area contributed by atoms with Gasteiger partial charge in [-0.1, -0.05) is 18.2 Å². The zero-order chi connectivity index (χ0) is 14.4. The number of pyridine rings is 1. The highest BCUT2D eigenvalue weighted by Crippen LogP contribution is 2.20. The van der Waals surface area contributed by atoms with Crippen LogP contribution in [0.5, 0.6) is 5.75 Å². The van der Waals surface area contributed by atoms with Crippen LogP contribution in [0.3, 0.4) is 0 Å². The molecule has 2 aromatic rings. The Bertz CT molecular complexity index is 548. The van der Waals surface area contributed by atoms with Crippen molar-refractivity contribution >= 4 is 9.24 Å². The van der Waals surface area contributed by atoms with E-state index in [0.29, 0.717) is 13.2 Å². The molecule has 0 aliphatic heterocycles. The van der Waals surface area contributed by atoms with Crippen LogP contribution in [0.1, 0.15) is 23.8 Å². The molecule has 0 saturated carbocycles. The van der Waals surface area contributed by atoms with Crippen LogP contribution in [0.15, 0.2) is 42.6 Å². The molecule has 0 aliphatic rings. The van der Waals surface area contributed by atoms with Crippen LogP contribution in [0.2, 0.25) is 0 Å². The molecule has 0 spiro atoms. The molecule has 0 fully saturated rings. The second-order valence-electron chi connectivity index (χ2n) is 4.35. The first kappa shape index (κ1) is 14.9. The van der Waals surface area contributed by atoms with Crippen molar-refractivity contribution in [3.63, 3.8) is 0 Å². The summed E-state index contributed by atoms with van der Waals surface area (Å²) in [5, 5.41) is 3.35. The van der Waals surface area contributed by atoms with Crippen LogP contribution in [-0.4, -0.2) is 11.6 Å². The molecule has 1 aromatic heterocycles. The molecule has 20 heavy (non-hydrogen) atoms. The van der Waals surface area contributed by atoms with E-state index < -0.39 is 5.95 Å². The number of hydrogen-bond donors (Lipinski definition) is 1. The smallest absolute Gasteiger partial charge is 0.212 e. The standard InChI is InChI=1S/C15H18FN2OP/c1-2-19-13-5-3-4-11(8-13)9-18-15(20)12-6-7-14(16)17-10-12/h3-8,10,15,18H,2,9,20H2,1H3. The molecule has 0 bridgehead atoms. The summed E-state index contributed by atoms with van der Waals surface area (Å²) in [7, 11) is 2.69. The van der Waals surface area contributed by atoms with Crippen LogP contribution in [0.25, 0.3) is 0 Å². The quantitative estimate of drug-likeness (QED) is 0.655. The van der Waals surface area contributed by atoms with E-state index in [4.69, 9.17) is 4.74 Å². The van der Waals surface area contributed by atoms with Gasteiger partial charge >= 0.3 is 0 Å². The predicted molar refractivity (Wildman–Crippen MR) is 81.1 cm³/mol. The predicted octanol–water partition coefficient (Wildman–Crippen LogP) is 3.28. The fourth-order valence-corrected chi connectivity index (χ4v) is 2.14. The van der Waals surface area contributed by atoms with Gasteiger partial charge in [-0.25, -0.2) is 4.98 Å². The van der Waals surface area contributed by atoms with Gasteiger partial charge in [-0.15, -0.1) is 9.24 Å². The van der Waals surface area contributed by atoms with Crippen LogP contribution in [0.4, 0.5) is 4.39 Å². The summed E-state index contributed by atoms with van der Waals surface area (Å²) < 4.78 is 18.2. The monoisotopic (exact) mass is 292 g/mol. The Morgan fingerprint density at radius 3 is 2.90 bits per heavy atom. The number of aromatic nitrogens is 1. The number of hydrogen-bond acceptors (Lipinski definition) is 3. The average molecular weight is 292 g/mol. The van der Waals surface area contributed by atoms with E-state index >= 15 is 0 Å². The minimum atomic E-state index is -0.463. The second kappa shape index (κ2) is 7.32. The Hall–Kier alpha value is -1.51. The van der Waals surface area contributed by atoms with Crippen molar-refractivity contribution in [3.8, 4) is 5.75 Å². The summed E-state index contributed by atoms with van der Waals surface area (Å²) in [5.74, 6) is 0.435. The molecule has 1 heterocycles. The van der Waals surface area contributed by atoms with Gasteiger partial charge in [-0.3, -0.25) is 0 Å². The Morgan fingerprint density at radius 1 is 1.35 bits per heavy atom. The van der Waals surface area contributed by atoms with Gasteiger partial charge in [-0.05, 0) is 36.2 Å². The molecule has 1 aromatic carbocycles. The Morgan fingerprint density at radius 2 is 2.20 bits per heavy atom. The normalized spacial score (nSPS) is 12.2. The Balaban J connectivity index is 1.94. The summed E-state index contributed by atoms with van der Waals surface area (Å²) in [5.41, 5.74) is 2.07. The Kier molecular flexibility index (Phi) is 5.45. The molecular formula is C15H18FN2OP. The molecule has 0 aliphatic carbocycles. The van der Waals surface area contributed by atoms with E-state index in [9.17, 15) is 4.39 Å². The topological polar surface area (TPSA) is 34.1 Å². The van der Waals surface area contributed by atoms with Crippen LogP contribution in [0, 0.1) is 5.95 Å². The van der Waals surface area contributed by atoms with Crippen LogP contribution in [-0.2, 0) is 6.54 Å². The Labute approximate surface area is 120 Å². The highest BCUT2D eigenvalue weighted by molar-refractivity contribution is 7.17. The van der Waals surface area contributed by atoms with Gasteiger partial charge in [0.2, 0.25) is 5.95 Å². The summed E-state index contributed by atoms with van der Waals surface area (Å²) in [6.07, 6.45) is 1.54. The summed E-state index contributed by atoms with van der Waals surface area (Å²) in [6.45, 7) is 3.32. The van der Waals surface area contributed by atoms with Gasteiger partial charge in [0.05, 0.1) is 6.61 Å². The maximum Gasteiger partial charge on any atom is 0.212 e. The SMILES string of the molecule is CCOc1cccc(CNC(P)c2ccc(F)nc2)c1. The lowest BCUT2D eigenvalue weighted by Gasteiger charge is -2.14. The van der Waals surface area contributed by atoms with Gasteiger partial charge in [0.25, 0.3) is 0 Å². The van der Waals surface area contributed by atoms with Gasteiger partial charge in [0, 0.05) is 18.5 Å². The van der Waals surface area contributed by atoms with Gasteiger partial charge in [0.1, 0.15) is 5.75 Å². The van der Waals surface area contributed by atoms with Gasteiger partial charge < -0.3 is 10.1 Å². The van der Waals surface area contributed by atoms with Crippen LogP contribution < -0.4 is 10.1 Å². The maximum absolute atomic E-state index is 12.8. The van der Waals surface area contributed by atoms with Crippen molar-refractivity contribution in [1.29, 1.82) is 0 Å². The van der Waals surface area contributed by atoms with E-state index in [1.807, 2.05) is 31.2 Å². The first-order valence-corrected chi connectivity index (χ1v) is 7.18. The molecule has 2 rings (SSSR count). The fraction of sp³-hybridized carbons (Fsp3) is 0.267. The minimum Gasteiger partial charge on any atom is -0.494 e.